The lowest BCUT2D eigenvalue weighted by molar-refractivity contribution is 1.18. The van der Waals surface area contributed by atoms with Crippen LogP contribution < -0.4 is 5.43 Å². The van der Waals surface area contributed by atoms with E-state index in [1.54, 1.807) is 12.4 Å². The smallest absolute Gasteiger partial charge is 0.149 e. The molecule has 0 bridgehead atoms. The maximum atomic E-state index is 4.23. The van der Waals surface area contributed by atoms with Gasteiger partial charge in [-0.05, 0) is 46.6 Å². The summed E-state index contributed by atoms with van der Waals surface area (Å²) in [4.78, 5) is 8.41. The molecule has 0 atom stereocenters. The van der Waals surface area contributed by atoms with Crippen molar-refractivity contribution in [2.75, 3.05) is 5.43 Å². The fourth-order valence-electron chi connectivity index (χ4n) is 1.26. The van der Waals surface area contributed by atoms with E-state index < -0.39 is 0 Å². The maximum Gasteiger partial charge on any atom is 0.149 e. The van der Waals surface area contributed by atoms with Crippen LogP contribution in [-0.2, 0) is 0 Å². The molecule has 2 aromatic heterocycles. The summed E-state index contributed by atoms with van der Waals surface area (Å²) < 4.78 is 0.787. The van der Waals surface area contributed by atoms with Crippen LogP contribution in [-0.4, -0.2) is 16.2 Å². The van der Waals surface area contributed by atoms with Crippen LogP contribution in [0.4, 0.5) is 5.82 Å². The zero-order valence-corrected chi connectivity index (χ0v) is 10.8. The Labute approximate surface area is 108 Å². The van der Waals surface area contributed by atoms with Gasteiger partial charge in [0.15, 0.2) is 0 Å². The summed E-state index contributed by atoms with van der Waals surface area (Å²) in [7, 11) is 0. The molecule has 0 radical (unpaired) electrons. The third-order valence-electron chi connectivity index (χ3n) is 2.11. The largest absolute Gasteiger partial charge is 0.261 e. The van der Waals surface area contributed by atoms with Gasteiger partial charge in [0.25, 0.3) is 0 Å². The molecule has 2 rings (SSSR count). The van der Waals surface area contributed by atoms with Crippen molar-refractivity contribution in [1.82, 2.24) is 9.97 Å². The zero-order valence-electron chi connectivity index (χ0n) is 9.26. The number of nitrogens with zero attached hydrogens (tertiary/aromatic N) is 3. The van der Waals surface area contributed by atoms with E-state index in [1.807, 2.05) is 37.3 Å². The van der Waals surface area contributed by atoms with Crippen molar-refractivity contribution >= 4 is 28.0 Å². The molecule has 0 unspecified atom stereocenters. The van der Waals surface area contributed by atoms with Gasteiger partial charge in [-0.3, -0.25) is 5.43 Å². The Morgan fingerprint density at radius 2 is 2.18 bits per heavy atom. The third kappa shape index (κ3) is 3.35. The number of aryl methyl sites for hydroxylation is 1. The third-order valence-corrected chi connectivity index (χ3v) is 2.56. The fraction of sp³-hybridized carbons (Fsp3) is 0.0833. The maximum absolute atomic E-state index is 4.23. The number of pyridine rings is 2. The Balaban J connectivity index is 2.06. The molecule has 0 saturated carbocycles. The molecular weight excluding hydrogens is 280 g/mol. The lowest BCUT2D eigenvalue weighted by atomic mass is 10.3. The summed E-state index contributed by atoms with van der Waals surface area (Å²) >= 11 is 3.31. The molecule has 0 fully saturated rings. The number of hydrogen-bond acceptors (Lipinski definition) is 4. The predicted molar refractivity (Wildman–Crippen MR) is 72.1 cm³/mol. The molecule has 0 aliphatic carbocycles. The van der Waals surface area contributed by atoms with Gasteiger partial charge in [0, 0.05) is 6.20 Å². The number of halogens is 1. The van der Waals surface area contributed by atoms with Crippen LogP contribution in [0.3, 0.4) is 0 Å². The van der Waals surface area contributed by atoms with Crippen molar-refractivity contribution in [3.05, 3.63) is 52.4 Å². The van der Waals surface area contributed by atoms with Gasteiger partial charge in [0.1, 0.15) is 10.4 Å². The molecule has 2 aromatic rings. The average molecular weight is 291 g/mol. The highest BCUT2D eigenvalue weighted by Gasteiger charge is 1.95. The van der Waals surface area contributed by atoms with Crippen molar-refractivity contribution < 1.29 is 0 Å². The summed E-state index contributed by atoms with van der Waals surface area (Å²) in [6.45, 7) is 1.97. The number of rotatable bonds is 3. The second-order valence-electron chi connectivity index (χ2n) is 3.42. The number of aromatic nitrogens is 2. The van der Waals surface area contributed by atoms with Gasteiger partial charge in [0.05, 0.1) is 11.9 Å². The lowest BCUT2D eigenvalue weighted by Gasteiger charge is -2.01. The average Bonchev–Trinajstić information content (AvgIpc) is 2.32. The Hall–Kier alpha value is -1.75. The van der Waals surface area contributed by atoms with E-state index in [0.29, 0.717) is 0 Å². The van der Waals surface area contributed by atoms with E-state index in [-0.39, 0.29) is 0 Å². The predicted octanol–water partition coefficient (Wildman–Crippen LogP) is 2.99. The Morgan fingerprint density at radius 3 is 2.94 bits per heavy atom. The van der Waals surface area contributed by atoms with E-state index in [4.69, 9.17) is 0 Å². The Bertz CT molecular complexity index is 540. The van der Waals surface area contributed by atoms with E-state index >= 15 is 0 Å². The number of hydrazone groups is 1. The van der Waals surface area contributed by atoms with Crippen molar-refractivity contribution in [2.45, 2.75) is 6.92 Å². The molecule has 0 spiro atoms. The summed E-state index contributed by atoms with van der Waals surface area (Å²) in [6, 6.07) is 9.52. The van der Waals surface area contributed by atoms with Crippen LogP contribution in [0.2, 0.25) is 0 Å². The molecule has 2 heterocycles. The van der Waals surface area contributed by atoms with Crippen molar-refractivity contribution in [3.63, 3.8) is 0 Å². The van der Waals surface area contributed by atoms with Gasteiger partial charge < -0.3 is 0 Å². The highest BCUT2D eigenvalue weighted by atomic mass is 79.9. The number of anilines is 1. The molecule has 86 valence electrons. The first-order valence-corrected chi connectivity index (χ1v) is 5.88. The minimum absolute atomic E-state index is 0.749. The van der Waals surface area contributed by atoms with Crippen LogP contribution >= 0.6 is 15.9 Å². The van der Waals surface area contributed by atoms with E-state index in [0.717, 1.165) is 21.7 Å². The summed E-state index contributed by atoms with van der Waals surface area (Å²) in [5.41, 5.74) is 4.71. The number of nitrogens with one attached hydrogen (secondary N) is 1. The first-order chi connectivity index (χ1) is 8.25. The van der Waals surface area contributed by atoms with Crippen LogP contribution in [0.5, 0.6) is 0 Å². The highest BCUT2D eigenvalue weighted by molar-refractivity contribution is 9.10. The SMILES string of the molecule is Cc1cccnc1NN=Cc1cccc(Br)n1. The monoisotopic (exact) mass is 290 g/mol. The second kappa shape index (κ2) is 5.54. The van der Waals surface area contributed by atoms with Crippen LogP contribution in [0, 0.1) is 6.92 Å². The highest BCUT2D eigenvalue weighted by Crippen LogP contribution is 2.09. The topological polar surface area (TPSA) is 50.2 Å². The Morgan fingerprint density at radius 1 is 1.29 bits per heavy atom. The van der Waals surface area contributed by atoms with E-state index in [9.17, 15) is 0 Å². The van der Waals surface area contributed by atoms with Gasteiger partial charge in [0.2, 0.25) is 0 Å². The van der Waals surface area contributed by atoms with E-state index in [1.165, 1.54) is 0 Å². The quantitative estimate of drug-likeness (QED) is 0.537. The molecule has 0 aromatic carbocycles. The molecule has 17 heavy (non-hydrogen) atoms. The lowest BCUT2D eigenvalue weighted by Crippen LogP contribution is -1.96. The van der Waals surface area contributed by atoms with Gasteiger partial charge in [-0.1, -0.05) is 12.1 Å². The van der Waals surface area contributed by atoms with Crippen LogP contribution in [0.25, 0.3) is 0 Å². The minimum atomic E-state index is 0.749. The molecule has 0 amide bonds. The first-order valence-electron chi connectivity index (χ1n) is 5.09. The van der Waals surface area contributed by atoms with Crippen molar-refractivity contribution in [1.29, 1.82) is 0 Å². The molecule has 4 nitrogen and oxygen atoms in total. The van der Waals surface area contributed by atoms with Gasteiger partial charge in [-0.15, -0.1) is 0 Å². The summed E-state index contributed by atoms with van der Waals surface area (Å²) in [6.07, 6.45) is 3.38. The summed E-state index contributed by atoms with van der Waals surface area (Å²) in [5, 5.41) is 4.09. The number of hydrogen-bond donors (Lipinski definition) is 1. The van der Waals surface area contributed by atoms with Crippen molar-refractivity contribution in [2.24, 2.45) is 5.10 Å². The van der Waals surface area contributed by atoms with Gasteiger partial charge >= 0.3 is 0 Å². The molecule has 5 heteroatoms. The second-order valence-corrected chi connectivity index (χ2v) is 4.24. The molecular formula is C12H11BrN4. The minimum Gasteiger partial charge on any atom is -0.261 e. The summed E-state index contributed by atoms with van der Waals surface area (Å²) in [5.74, 6) is 0.749. The normalized spacial score (nSPS) is 10.7. The first kappa shape index (κ1) is 11.7. The molecule has 0 aliphatic rings. The molecule has 1 N–H and O–H groups in total. The van der Waals surface area contributed by atoms with Gasteiger partial charge in [-0.2, -0.15) is 5.10 Å². The van der Waals surface area contributed by atoms with Crippen LogP contribution in [0.1, 0.15) is 11.3 Å². The van der Waals surface area contributed by atoms with E-state index in [2.05, 4.69) is 36.4 Å². The van der Waals surface area contributed by atoms with Crippen molar-refractivity contribution in [3.8, 4) is 0 Å². The molecule has 0 aliphatic heterocycles. The Kier molecular flexibility index (Phi) is 3.82. The van der Waals surface area contributed by atoms with Gasteiger partial charge in [-0.25, -0.2) is 9.97 Å². The zero-order chi connectivity index (χ0) is 12.1. The van der Waals surface area contributed by atoms with Crippen LogP contribution in [0.15, 0.2) is 46.2 Å². The molecule has 0 saturated heterocycles. The standard InChI is InChI=1S/C12H11BrN4/c1-9-4-3-7-14-12(9)17-15-8-10-5-2-6-11(13)16-10/h2-8H,1H3,(H,14,17). The fourth-order valence-corrected chi connectivity index (χ4v) is 1.62.